The van der Waals surface area contributed by atoms with Crippen LogP contribution in [0, 0.1) is 0 Å². The number of nitrogens with one attached hydrogen (secondary N) is 1. The highest BCUT2D eigenvalue weighted by Crippen LogP contribution is 2.66. The number of aliphatic hydroxyl groups is 1. The molecule has 32 heavy (non-hydrogen) atoms. The van der Waals surface area contributed by atoms with Crippen LogP contribution >= 0.6 is 23.5 Å². The first-order valence-electron chi connectivity index (χ1n) is 8.57. The van der Waals surface area contributed by atoms with Crippen LogP contribution in [-0.4, -0.2) is 67.2 Å². The summed E-state index contributed by atoms with van der Waals surface area (Å²) in [7, 11) is -13.6. The van der Waals surface area contributed by atoms with Crippen LogP contribution in [0.15, 0.2) is 11.0 Å². The minimum absolute atomic E-state index is 0.105. The van der Waals surface area contributed by atoms with Crippen LogP contribution in [0.4, 0.5) is 5.82 Å². The molecule has 0 aromatic carbocycles. The molecule has 1 fully saturated rings. The molecule has 1 aromatic rings. The van der Waals surface area contributed by atoms with Gasteiger partial charge in [-0.3, -0.25) is 9.09 Å². The Kier molecular flexibility index (Phi) is 8.92. The number of methoxy groups -OCH3 is 1. The van der Waals surface area contributed by atoms with Crippen molar-refractivity contribution in [2.45, 2.75) is 31.5 Å². The first kappa shape index (κ1) is 27.2. The number of hydrogen-bond acceptors (Lipinski definition) is 12. The molecule has 1 aliphatic rings. The van der Waals surface area contributed by atoms with E-state index in [0.29, 0.717) is 5.56 Å². The standard InChI is InChI=1S/C12H22N3O14P3/c1-13-11-7(5-25-2)4-15(12(17)14-11)10-3-8(16)9(27-10)6-26-31(21,22)29-32(23,24)28-30(18,19)20/h4,8-10,16H,3,5-6H2,1-2H3,(H,21,22)(H,23,24)(H,13,14,17)(H2,18,19,20)/t8-,9+,10+/m0/s1. The number of nitrogens with zero attached hydrogens (tertiary/aromatic N) is 2. The SMILES string of the molecule is CNc1nc(=O)n([C@H]2C[C@H](O)[C@@H](COP(=O)(O)OP(=O)(O)OP(=O)(O)O)O2)cc1COC. The molecule has 6 N–H and O–H groups in total. The van der Waals surface area contributed by atoms with E-state index in [1.165, 1.54) is 13.3 Å². The zero-order chi connectivity index (χ0) is 24.3. The predicted molar refractivity (Wildman–Crippen MR) is 103 cm³/mol. The lowest BCUT2D eigenvalue weighted by atomic mass is 10.2. The molecular formula is C12H22N3O14P3. The average molecular weight is 525 g/mol. The van der Waals surface area contributed by atoms with Gasteiger partial charge in [0.2, 0.25) is 0 Å². The van der Waals surface area contributed by atoms with Gasteiger partial charge in [0.05, 0.1) is 19.3 Å². The number of anilines is 1. The average Bonchev–Trinajstić information content (AvgIpc) is 2.98. The molecule has 1 aliphatic heterocycles. The van der Waals surface area contributed by atoms with Crippen LogP contribution in [0.25, 0.3) is 0 Å². The molecule has 0 amide bonds. The molecular weight excluding hydrogens is 503 g/mol. The minimum atomic E-state index is -5.67. The van der Waals surface area contributed by atoms with E-state index >= 15 is 0 Å². The van der Waals surface area contributed by atoms with Crippen LogP contribution in [0.2, 0.25) is 0 Å². The number of phosphoric acid groups is 3. The van der Waals surface area contributed by atoms with Crippen LogP contribution < -0.4 is 11.0 Å². The Morgan fingerprint density at radius 1 is 1.22 bits per heavy atom. The van der Waals surface area contributed by atoms with Crippen molar-refractivity contribution in [3.8, 4) is 0 Å². The third-order valence-electron chi connectivity index (χ3n) is 3.90. The molecule has 2 rings (SSSR count). The lowest BCUT2D eigenvalue weighted by Gasteiger charge is -2.20. The fraction of sp³-hybridized carbons (Fsp3) is 0.667. The summed E-state index contributed by atoms with van der Waals surface area (Å²) >= 11 is 0. The number of aliphatic hydroxyl groups excluding tert-OH is 1. The number of aromatic nitrogens is 2. The fourth-order valence-corrected chi connectivity index (χ4v) is 5.73. The zero-order valence-corrected chi connectivity index (χ0v) is 19.3. The summed E-state index contributed by atoms with van der Waals surface area (Å²) in [5, 5.41) is 12.9. The molecule has 184 valence electrons. The van der Waals surface area contributed by atoms with Crippen LogP contribution in [0.3, 0.4) is 0 Å². The molecule has 0 saturated carbocycles. The number of hydrogen-bond donors (Lipinski definition) is 6. The Morgan fingerprint density at radius 3 is 2.44 bits per heavy atom. The van der Waals surface area contributed by atoms with E-state index in [-0.39, 0.29) is 18.8 Å². The van der Waals surface area contributed by atoms with Crippen molar-refractivity contribution in [2.75, 3.05) is 26.1 Å². The Labute approximate surface area is 180 Å². The van der Waals surface area contributed by atoms with Crippen LogP contribution in [0.1, 0.15) is 18.2 Å². The molecule has 2 heterocycles. The summed E-state index contributed by atoms with van der Waals surface area (Å²) in [5.41, 5.74) is -0.218. The lowest BCUT2D eigenvalue weighted by molar-refractivity contribution is -0.0451. The lowest BCUT2D eigenvalue weighted by Crippen LogP contribution is -2.29. The summed E-state index contributed by atoms with van der Waals surface area (Å²) in [6, 6.07) is 0. The molecule has 5 atom stereocenters. The van der Waals surface area contributed by atoms with E-state index < -0.39 is 54.2 Å². The second-order valence-electron chi connectivity index (χ2n) is 6.31. The molecule has 0 spiro atoms. The molecule has 1 aromatic heterocycles. The van der Waals surface area contributed by atoms with Gasteiger partial charge in [0, 0.05) is 32.3 Å². The van der Waals surface area contributed by atoms with Crippen molar-refractivity contribution in [3.05, 3.63) is 22.2 Å². The van der Waals surface area contributed by atoms with E-state index in [2.05, 4.69) is 23.4 Å². The van der Waals surface area contributed by atoms with Gasteiger partial charge >= 0.3 is 29.2 Å². The summed E-state index contributed by atoms with van der Waals surface area (Å²) in [4.78, 5) is 51.7. The maximum Gasteiger partial charge on any atom is 0.490 e. The van der Waals surface area contributed by atoms with Crippen molar-refractivity contribution >= 4 is 29.3 Å². The van der Waals surface area contributed by atoms with Crippen molar-refractivity contribution in [2.24, 2.45) is 0 Å². The topological polar surface area (TPSA) is 245 Å². The minimum Gasteiger partial charge on any atom is -0.390 e. The summed E-state index contributed by atoms with van der Waals surface area (Å²) in [5.74, 6) is 0.274. The van der Waals surface area contributed by atoms with Crippen LogP contribution in [-0.2, 0) is 42.9 Å². The first-order valence-corrected chi connectivity index (χ1v) is 13.1. The van der Waals surface area contributed by atoms with E-state index in [9.17, 15) is 28.5 Å². The number of phosphoric ester groups is 1. The van der Waals surface area contributed by atoms with Crippen molar-refractivity contribution in [1.82, 2.24) is 9.55 Å². The predicted octanol–water partition coefficient (Wildman–Crippen LogP) is -0.577. The molecule has 0 radical (unpaired) electrons. The fourth-order valence-electron chi connectivity index (χ4n) is 2.70. The van der Waals surface area contributed by atoms with Gasteiger partial charge in [-0.2, -0.15) is 13.6 Å². The molecule has 20 heteroatoms. The van der Waals surface area contributed by atoms with Gasteiger partial charge in [0.15, 0.2) is 0 Å². The van der Waals surface area contributed by atoms with E-state index in [1.807, 2.05) is 0 Å². The van der Waals surface area contributed by atoms with Gasteiger partial charge < -0.3 is 39.5 Å². The third kappa shape index (κ3) is 7.78. The molecule has 2 unspecified atom stereocenters. The van der Waals surface area contributed by atoms with Gasteiger partial charge in [-0.15, -0.1) is 0 Å². The van der Waals surface area contributed by atoms with Gasteiger partial charge in [-0.05, 0) is 0 Å². The normalized spacial score (nSPS) is 25.3. The van der Waals surface area contributed by atoms with Gasteiger partial charge in [0.25, 0.3) is 0 Å². The summed E-state index contributed by atoms with van der Waals surface area (Å²) in [6.07, 6.45) is -2.37. The monoisotopic (exact) mass is 525 g/mol. The van der Waals surface area contributed by atoms with Crippen LogP contribution in [0.5, 0.6) is 0 Å². The van der Waals surface area contributed by atoms with Crippen molar-refractivity contribution in [1.29, 1.82) is 0 Å². The quantitative estimate of drug-likeness (QED) is 0.198. The summed E-state index contributed by atoms with van der Waals surface area (Å²) < 4.78 is 57.0. The van der Waals surface area contributed by atoms with Crippen molar-refractivity contribution < 1.29 is 61.0 Å². The molecule has 17 nitrogen and oxygen atoms in total. The largest absolute Gasteiger partial charge is 0.490 e. The molecule has 0 aliphatic carbocycles. The molecule has 1 saturated heterocycles. The van der Waals surface area contributed by atoms with E-state index in [4.69, 9.17) is 24.2 Å². The number of rotatable bonds is 11. The third-order valence-corrected chi connectivity index (χ3v) is 7.70. The second-order valence-corrected chi connectivity index (χ2v) is 10.7. The highest BCUT2D eigenvalue weighted by atomic mass is 31.3. The summed E-state index contributed by atoms with van der Waals surface area (Å²) in [6.45, 7) is -0.753. The molecule has 0 bridgehead atoms. The highest BCUT2D eigenvalue weighted by Gasteiger charge is 2.43. The first-order chi connectivity index (χ1) is 14.7. The van der Waals surface area contributed by atoms with Gasteiger partial charge in [0.1, 0.15) is 18.1 Å². The van der Waals surface area contributed by atoms with E-state index in [1.54, 1.807) is 7.05 Å². The Morgan fingerprint density at radius 2 is 1.88 bits per heavy atom. The Balaban J connectivity index is 2.07. The Hall–Kier alpha value is -1.03. The zero-order valence-electron chi connectivity index (χ0n) is 16.6. The smallest absolute Gasteiger partial charge is 0.390 e. The van der Waals surface area contributed by atoms with Gasteiger partial charge in [-0.1, -0.05) is 0 Å². The maximum atomic E-state index is 12.3. The second kappa shape index (κ2) is 10.5. The maximum absolute atomic E-state index is 12.3. The Bertz CT molecular complexity index is 1010. The van der Waals surface area contributed by atoms with Crippen molar-refractivity contribution in [3.63, 3.8) is 0 Å². The van der Waals surface area contributed by atoms with E-state index in [0.717, 1.165) is 4.57 Å². The number of ether oxygens (including phenoxy) is 2. The van der Waals surface area contributed by atoms with Gasteiger partial charge in [-0.25, -0.2) is 18.5 Å². The highest BCUT2D eigenvalue weighted by molar-refractivity contribution is 7.66.